The molecule has 0 bridgehead atoms. The van der Waals surface area contributed by atoms with Gasteiger partial charge in [-0.05, 0) is 103 Å². The summed E-state index contributed by atoms with van der Waals surface area (Å²) < 4.78 is 0. The molecule has 1 nitrogen and oxygen atoms in total. The van der Waals surface area contributed by atoms with Crippen molar-refractivity contribution in [3.63, 3.8) is 0 Å². The minimum Gasteiger partial charge on any atom is -0.252 e. The molecule has 0 fully saturated rings. The van der Waals surface area contributed by atoms with Gasteiger partial charge in [0.25, 0.3) is 0 Å². The van der Waals surface area contributed by atoms with Gasteiger partial charge in [0.15, 0.2) is 0 Å². The second-order valence-electron chi connectivity index (χ2n) is 14.9. The molecule has 4 aliphatic rings. The summed E-state index contributed by atoms with van der Waals surface area (Å²) in [5.74, 6) is 0.184. The molecule has 55 heavy (non-hydrogen) atoms. The van der Waals surface area contributed by atoms with Crippen LogP contribution in [-0.4, -0.2) is 5.71 Å². The molecule has 0 amide bonds. The van der Waals surface area contributed by atoms with Crippen LogP contribution in [0.5, 0.6) is 0 Å². The summed E-state index contributed by atoms with van der Waals surface area (Å²) in [4.78, 5) is 5.30. The zero-order valence-electron chi connectivity index (χ0n) is 30.4. The number of benzene rings is 7. The van der Waals surface area contributed by atoms with Crippen molar-refractivity contribution in [3.8, 4) is 33.4 Å². The van der Waals surface area contributed by atoms with Crippen LogP contribution >= 0.6 is 0 Å². The van der Waals surface area contributed by atoms with Crippen LogP contribution in [0.2, 0.25) is 0 Å². The smallest absolute Gasteiger partial charge is 0.0725 e. The molecule has 0 saturated heterocycles. The Bertz CT molecular complexity index is 2780. The van der Waals surface area contributed by atoms with Crippen molar-refractivity contribution in [1.29, 1.82) is 0 Å². The molecule has 1 unspecified atom stereocenters. The molecule has 7 aromatic rings. The lowest BCUT2D eigenvalue weighted by Crippen LogP contribution is -2.29. The standard InChI is InChI=1S/C54H37N/c1-2-15-37(16-3-1)40-23-14-28-52(55-53-27-13-9-22-47(40)53)38-31-29-36(30-32-38)39-33-34-46-45-21-8-12-26-50(45)54(51(46)35-39)48-24-10-6-19-43(48)41-17-4-5-18-42(41)44-20-7-11-25-49(44)54/h1-31,33-35,38H,32H2/b23-14?,28-14?,40-23-,47-40?,52-28?,55-52?,55-53?. The molecule has 11 rings (SSSR count). The third kappa shape index (κ3) is 4.83. The predicted octanol–water partition coefficient (Wildman–Crippen LogP) is 13.4. The molecular weight excluding hydrogens is 663 g/mol. The van der Waals surface area contributed by atoms with E-state index in [1.165, 1.54) is 77.9 Å². The topological polar surface area (TPSA) is 12.4 Å². The summed E-state index contributed by atoms with van der Waals surface area (Å²) in [5.41, 5.74) is 20.8. The Morgan fingerprint density at radius 1 is 0.455 bits per heavy atom. The normalized spacial score (nSPS) is 17.7. The van der Waals surface area contributed by atoms with Crippen molar-refractivity contribution in [3.05, 3.63) is 245 Å². The molecule has 0 saturated carbocycles. The molecule has 0 N–H and O–H groups in total. The van der Waals surface area contributed by atoms with E-state index in [9.17, 15) is 0 Å². The predicted molar refractivity (Wildman–Crippen MR) is 230 cm³/mol. The minimum atomic E-state index is -0.479. The average molecular weight is 700 g/mol. The van der Waals surface area contributed by atoms with E-state index in [2.05, 4.69) is 206 Å². The lowest BCUT2D eigenvalue weighted by molar-refractivity contribution is 0.775. The zero-order valence-corrected chi connectivity index (χ0v) is 30.4. The highest BCUT2D eigenvalue weighted by atomic mass is 14.8. The minimum absolute atomic E-state index is 0.184. The monoisotopic (exact) mass is 699 g/mol. The summed E-state index contributed by atoms with van der Waals surface area (Å²) in [7, 11) is 0. The molecule has 1 heterocycles. The van der Waals surface area contributed by atoms with E-state index in [-0.39, 0.29) is 5.92 Å². The van der Waals surface area contributed by atoms with Crippen LogP contribution < -0.4 is 0 Å². The first-order valence-electron chi connectivity index (χ1n) is 19.3. The Hall–Kier alpha value is -6.83. The van der Waals surface area contributed by atoms with E-state index >= 15 is 0 Å². The fourth-order valence-electron chi connectivity index (χ4n) is 9.66. The Morgan fingerprint density at radius 2 is 1.00 bits per heavy atom. The van der Waals surface area contributed by atoms with Gasteiger partial charge in [0.2, 0.25) is 0 Å². The molecule has 1 aliphatic heterocycles. The van der Waals surface area contributed by atoms with Gasteiger partial charge in [0.05, 0.1) is 11.1 Å². The number of rotatable bonds is 3. The van der Waals surface area contributed by atoms with Crippen molar-refractivity contribution >= 4 is 22.5 Å². The largest absolute Gasteiger partial charge is 0.252 e. The van der Waals surface area contributed by atoms with Crippen LogP contribution in [0.4, 0.5) is 5.69 Å². The van der Waals surface area contributed by atoms with E-state index in [0.29, 0.717) is 0 Å². The van der Waals surface area contributed by atoms with Gasteiger partial charge in [-0.15, -0.1) is 0 Å². The van der Waals surface area contributed by atoms with Crippen LogP contribution in [0.3, 0.4) is 0 Å². The van der Waals surface area contributed by atoms with Crippen molar-refractivity contribution in [2.24, 2.45) is 10.9 Å². The Labute approximate surface area is 322 Å². The number of allylic oxidation sites excluding steroid dienone is 7. The van der Waals surface area contributed by atoms with Gasteiger partial charge in [-0.25, -0.2) is 0 Å². The maximum atomic E-state index is 5.30. The van der Waals surface area contributed by atoms with Gasteiger partial charge in [-0.1, -0.05) is 188 Å². The Balaban J connectivity index is 1.02. The lowest BCUT2D eigenvalue weighted by atomic mass is 9.65. The van der Waals surface area contributed by atoms with Gasteiger partial charge in [0, 0.05) is 17.2 Å². The first kappa shape index (κ1) is 31.7. The second kappa shape index (κ2) is 12.6. The molecule has 3 aliphatic carbocycles. The summed E-state index contributed by atoms with van der Waals surface area (Å²) in [5, 5.41) is 0. The van der Waals surface area contributed by atoms with Crippen LogP contribution in [0.15, 0.2) is 211 Å². The lowest BCUT2D eigenvalue weighted by Gasteiger charge is -2.35. The molecule has 1 atom stereocenters. The summed E-state index contributed by atoms with van der Waals surface area (Å²) in [6.07, 6.45) is 14.6. The van der Waals surface area contributed by atoms with Gasteiger partial charge >= 0.3 is 0 Å². The highest BCUT2D eigenvalue weighted by molar-refractivity contribution is 6.03. The highest BCUT2D eigenvalue weighted by Gasteiger charge is 2.49. The van der Waals surface area contributed by atoms with E-state index in [1.54, 1.807) is 0 Å². The molecule has 7 aromatic carbocycles. The van der Waals surface area contributed by atoms with E-state index in [1.807, 2.05) is 0 Å². The Morgan fingerprint density at radius 3 is 1.64 bits per heavy atom. The van der Waals surface area contributed by atoms with E-state index in [0.717, 1.165) is 23.4 Å². The number of hydrogen-bond acceptors (Lipinski definition) is 1. The maximum absolute atomic E-state index is 5.30. The Kier molecular flexibility index (Phi) is 7.28. The highest BCUT2D eigenvalue weighted by Crippen LogP contribution is 2.61. The van der Waals surface area contributed by atoms with Crippen molar-refractivity contribution < 1.29 is 0 Å². The van der Waals surface area contributed by atoms with Crippen molar-refractivity contribution in [1.82, 2.24) is 0 Å². The molecule has 1 heteroatoms. The summed E-state index contributed by atoms with van der Waals surface area (Å²) >= 11 is 0. The third-order valence-corrected chi connectivity index (χ3v) is 12.1. The van der Waals surface area contributed by atoms with Gasteiger partial charge in [-0.2, -0.15) is 0 Å². The van der Waals surface area contributed by atoms with Gasteiger partial charge in [-0.3, -0.25) is 4.99 Å². The number of fused-ring (bicyclic) bond motifs is 13. The number of nitrogens with zero attached hydrogens (tertiary/aromatic N) is 1. The van der Waals surface area contributed by atoms with Crippen LogP contribution in [0, 0.1) is 5.92 Å². The molecular formula is C54H37N. The fraction of sp³-hybridized carbons (Fsp3) is 0.0556. The number of para-hydroxylation sites is 1. The first-order valence-corrected chi connectivity index (χ1v) is 19.3. The van der Waals surface area contributed by atoms with E-state index in [4.69, 9.17) is 4.99 Å². The summed E-state index contributed by atoms with van der Waals surface area (Å²) in [6.45, 7) is 0. The van der Waals surface area contributed by atoms with E-state index < -0.39 is 5.41 Å². The van der Waals surface area contributed by atoms with Gasteiger partial charge < -0.3 is 0 Å². The quantitative estimate of drug-likeness (QED) is 0.174. The summed E-state index contributed by atoms with van der Waals surface area (Å²) in [6, 6.07) is 62.6. The third-order valence-electron chi connectivity index (χ3n) is 12.1. The van der Waals surface area contributed by atoms with Crippen LogP contribution in [-0.2, 0) is 5.41 Å². The molecule has 0 aromatic heterocycles. The van der Waals surface area contributed by atoms with Gasteiger partial charge in [0.1, 0.15) is 0 Å². The number of aliphatic imine (C=N–C) groups is 1. The molecule has 1 spiro atoms. The van der Waals surface area contributed by atoms with Crippen molar-refractivity contribution in [2.75, 3.05) is 0 Å². The SMILES string of the molecule is C1=CC(C2C=CC(c3ccc4c(c3)C3(c5ccccc5-c5ccccc5-c5ccccc53)c3ccccc3-4)=CC2)=Nc2ccccc2/C(c2ccccc2)=C\1. The number of hydrogen-bond donors (Lipinski definition) is 0. The molecule has 0 radical (unpaired) electrons. The average Bonchev–Trinajstić information content (AvgIpc) is 3.48. The molecule has 258 valence electrons. The second-order valence-corrected chi connectivity index (χ2v) is 14.9. The van der Waals surface area contributed by atoms with Crippen LogP contribution in [0.25, 0.3) is 44.5 Å². The zero-order chi connectivity index (χ0) is 36.3. The first-order chi connectivity index (χ1) is 27.3. The maximum Gasteiger partial charge on any atom is 0.0725 e. The van der Waals surface area contributed by atoms with Crippen LogP contribution in [0.1, 0.15) is 45.4 Å². The fourth-order valence-corrected chi connectivity index (χ4v) is 9.66. The van der Waals surface area contributed by atoms with Crippen molar-refractivity contribution in [2.45, 2.75) is 11.8 Å².